The van der Waals surface area contributed by atoms with Crippen LogP contribution >= 0.6 is 0 Å². The molecule has 0 aliphatic heterocycles. The molecule has 1 saturated carbocycles. The van der Waals surface area contributed by atoms with Crippen LogP contribution in [0.1, 0.15) is 38.3 Å². The second-order valence-corrected chi connectivity index (χ2v) is 6.19. The summed E-state index contributed by atoms with van der Waals surface area (Å²) >= 11 is 0. The van der Waals surface area contributed by atoms with Crippen molar-refractivity contribution in [3.63, 3.8) is 0 Å². The Labute approximate surface area is 115 Å². The van der Waals surface area contributed by atoms with Gasteiger partial charge in [0.25, 0.3) is 0 Å². The molecule has 19 heavy (non-hydrogen) atoms. The number of carbonyl (C=O) groups is 1. The summed E-state index contributed by atoms with van der Waals surface area (Å²) in [4.78, 5) is 14.9. The standard InChI is InChI=1S/C15H25N3O/c1-12-5-8-15(9-6-12,17(2)3)14(19)11-13-7-10-18(4)16-13/h7,10,12H,5-6,8-9,11H2,1-4H3. The number of ketones is 1. The lowest BCUT2D eigenvalue weighted by molar-refractivity contribution is -0.131. The molecule has 0 atom stereocenters. The summed E-state index contributed by atoms with van der Waals surface area (Å²) in [7, 11) is 5.95. The average Bonchev–Trinajstić information content (AvgIpc) is 2.75. The highest BCUT2D eigenvalue weighted by Gasteiger charge is 2.42. The zero-order valence-electron chi connectivity index (χ0n) is 12.5. The van der Waals surface area contributed by atoms with Crippen LogP contribution in [-0.2, 0) is 18.3 Å². The van der Waals surface area contributed by atoms with Gasteiger partial charge in [0.1, 0.15) is 0 Å². The maximum absolute atomic E-state index is 12.8. The molecule has 1 aliphatic rings. The molecule has 1 aromatic heterocycles. The molecule has 0 aromatic carbocycles. The molecule has 0 N–H and O–H groups in total. The highest BCUT2D eigenvalue weighted by atomic mass is 16.1. The Kier molecular flexibility index (Phi) is 4.09. The van der Waals surface area contributed by atoms with E-state index in [0.29, 0.717) is 12.2 Å². The van der Waals surface area contributed by atoms with Gasteiger partial charge >= 0.3 is 0 Å². The van der Waals surface area contributed by atoms with Crippen molar-refractivity contribution in [2.45, 2.75) is 44.6 Å². The number of aromatic nitrogens is 2. The van der Waals surface area contributed by atoms with Crippen LogP contribution in [0.25, 0.3) is 0 Å². The van der Waals surface area contributed by atoms with Gasteiger partial charge < -0.3 is 0 Å². The highest BCUT2D eigenvalue weighted by Crippen LogP contribution is 2.36. The number of hydrogen-bond donors (Lipinski definition) is 0. The van der Waals surface area contributed by atoms with Crippen LogP contribution in [-0.4, -0.2) is 40.1 Å². The molecule has 0 saturated heterocycles. The van der Waals surface area contributed by atoms with E-state index in [-0.39, 0.29) is 5.54 Å². The molecule has 0 radical (unpaired) electrons. The summed E-state index contributed by atoms with van der Waals surface area (Å²) < 4.78 is 1.76. The normalized spacial score (nSPS) is 27.7. The van der Waals surface area contributed by atoms with Gasteiger partial charge in [0.15, 0.2) is 5.78 Å². The molecule has 4 nitrogen and oxygen atoms in total. The number of aryl methyl sites for hydroxylation is 1. The van der Waals surface area contributed by atoms with E-state index in [1.165, 1.54) is 0 Å². The maximum Gasteiger partial charge on any atom is 0.159 e. The fourth-order valence-electron chi connectivity index (χ4n) is 3.10. The molecule has 1 aliphatic carbocycles. The molecule has 4 heteroatoms. The number of rotatable bonds is 4. The molecule has 0 bridgehead atoms. The van der Waals surface area contributed by atoms with Gasteiger partial charge in [0.2, 0.25) is 0 Å². The third-order valence-corrected chi connectivity index (χ3v) is 4.59. The van der Waals surface area contributed by atoms with Crippen LogP contribution in [0.15, 0.2) is 12.3 Å². The predicted octanol–water partition coefficient (Wildman–Crippen LogP) is 2.04. The van der Waals surface area contributed by atoms with Crippen molar-refractivity contribution in [1.29, 1.82) is 0 Å². The number of Topliss-reactive ketones (excluding diaryl/α,β-unsaturated/α-hetero) is 1. The summed E-state index contributed by atoms with van der Waals surface area (Å²) in [5.41, 5.74) is 0.608. The minimum atomic E-state index is -0.274. The summed E-state index contributed by atoms with van der Waals surface area (Å²) in [5, 5.41) is 4.33. The topological polar surface area (TPSA) is 38.1 Å². The van der Waals surface area contributed by atoms with E-state index in [1.54, 1.807) is 4.68 Å². The predicted molar refractivity (Wildman–Crippen MR) is 76.0 cm³/mol. The van der Waals surface area contributed by atoms with Gasteiger partial charge in [0, 0.05) is 13.2 Å². The van der Waals surface area contributed by atoms with Crippen molar-refractivity contribution < 1.29 is 4.79 Å². The van der Waals surface area contributed by atoms with Crippen molar-refractivity contribution in [1.82, 2.24) is 14.7 Å². The van der Waals surface area contributed by atoms with Crippen LogP contribution in [0.5, 0.6) is 0 Å². The molecule has 0 amide bonds. The Morgan fingerprint density at radius 1 is 1.47 bits per heavy atom. The van der Waals surface area contributed by atoms with Crippen molar-refractivity contribution in [3.05, 3.63) is 18.0 Å². The van der Waals surface area contributed by atoms with Gasteiger partial charge in [-0.15, -0.1) is 0 Å². The maximum atomic E-state index is 12.8. The first-order chi connectivity index (χ1) is 8.94. The summed E-state index contributed by atoms with van der Waals surface area (Å²) in [6, 6.07) is 1.94. The number of likely N-dealkylation sites (N-methyl/N-ethyl adjacent to an activating group) is 1. The van der Waals surface area contributed by atoms with Gasteiger partial charge in [-0.1, -0.05) is 6.92 Å². The summed E-state index contributed by atoms with van der Waals surface area (Å²) in [6.45, 7) is 2.28. The van der Waals surface area contributed by atoms with Crippen molar-refractivity contribution in [2.24, 2.45) is 13.0 Å². The lowest BCUT2D eigenvalue weighted by Crippen LogP contribution is -2.53. The van der Waals surface area contributed by atoms with Crippen molar-refractivity contribution >= 4 is 5.78 Å². The molecule has 106 valence electrons. The van der Waals surface area contributed by atoms with E-state index in [9.17, 15) is 4.79 Å². The van der Waals surface area contributed by atoms with Crippen LogP contribution in [0, 0.1) is 5.92 Å². The Morgan fingerprint density at radius 3 is 2.58 bits per heavy atom. The Morgan fingerprint density at radius 2 is 2.11 bits per heavy atom. The molecule has 1 fully saturated rings. The van der Waals surface area contributed by atoms with Gasteiger partial charge in [-0.3, -0.25) is 14.4 Å². The Bertz CT molecular complexity index is 442. The molecule has 1 heterocycles. The minimum absolute atomic E-state index is 0.274. The molecule has 0 spiro atoms. The molecule has 0 unspecified atom stereocenters. The zero-order chi connectivity index (χ0) is 14.0. The molecule has 2 rings (SSSR count). The molecule has 1 aromatic rings. The van der Waals surface area contributed by atoms with Crippen LogP contribution < -0.4 is 0 Å². The molecular weight excluding hydrogens is 238 g/mol. The SMILES string of the molecule is CC1CCC(C(=O)Cc2ccn(C)n2)(N(C)C)CC1. The first-order valence-electron chi connectivity index (χ1n) is 7.13. The smallest absolute Gasteiger partial charge is 0.159 e. The number of hydrogen-bond acceptors (Lipinski definition) is 3. The Balaban J connectivity index is 2.13. The third kappa shape index (κ3) is 2.89. The van der Waals surface area contributed by atoms with Crippen LogP contribution in [0.3, 0.4) is 0 Å². The average molecular weight is 263 g/mol. The summed E-state index contributed by atoms with van der Waals surface area (Å²) in [6.07, 6.45) is 6.60. The van der Waals surface area contributed by atoms with E-state index in [2.05, 4.69) is 16.9 Å². The summed E-state index contributed by atoms with van der Waals surface area (Å²) in [5.74, 6) is 1.07. The second kappa shape index (κ2) is 5.45. The van der Waals surface area contributed by atoms with E-state index in [0.717, 1.165) is 37.3 Å². The number of nitrogens with zero attached hydrogens (tertiary/aromatic N) is 3. The first kappa shape index (κ1) is 14.3. The zero-order valence-corrected chi connectivity index (χ0v) is 12.5. The van der Waals surface area contributed by atoms with Crippen LogP contribution in [0.4, 0.5) is 0 Å². The van der Waals surface area contributed by atoms with E-state index in [4.69, 9.17) is 0 Å². The first-order valence-corrected chi connectivity index (χ1v) is 7.13. The van der Waals surface area contributed by atoms with Gasteiger partial charge in [-0.25, -0.2) is 0 Å². The van der Waals surface area contributed by atoms with E-state index in [1.807, 2.05) is 33.4 Å². The van der Waals surface area contributed by atoms with E-state index >= 15 is 0 Å². The fraction of sp³-hybridized carbons (Fsp3) is 0.733. The highest BCUT2D eigenvalue weighted by molar-refractivity contribution is 5.90. The minimum Gasteiger partial charge on any atom is -0.297 e. The largest absolute Gasteiger partial charge is 0.297 e. The van der Waals surface area contributed by atoms with Gasteiger partial charge in [-0.05, 0) is 51.8 Å². The second-order valence-electron chi connectivity index (χ2n) is 6.19. The van der Waals surface area contributed by atoms with Crippen molar-refractivity contribution in [2.75, 3.05) is 14.1 Å². The Hall–Kier alpha value is -1.16. The van der Waals surface area contributed by atoms with Gasteiger partial charge in [-0.2, -0.15) is 5.10 Å². The lowest BCUT2D eigenvalue weighted by atomic mass is 9.73. The van der Waals surface area contributed by atoms with E-state index < -0.39 is 0 Å². The quantitative estimate of drug-likeness (QED) is 0.834. The molecular formula is C15H25N3O. The van der Waals surface area contributed by atoms with Crippen molar-refractivity contribution in [3.8, 4) is 0 Å². The van der Waals surface area contributed by atoms with Crippen LogP contribution in [0.2, 0.25) is 0 Å². The third-order valence-electron chi connectivity index (χ3n) is 4.59. The monoisotopic (exact) mass is 263 g/mol. The fourth-order valence-corrected chi connectivity index (χ4v) is 3.10. The lowest BCUT2D eigenvalue weighted by Gasteiger charge is -2.43. The number of carbonyl (C=O) groups excluding carboxylic acids is 1. The van der Waals surface area contributed by atoms with Gasteiger partial charge in [0.05, 0.1) is 17.7 Å².